The Morgan fingerprint density at radius 1 is 1.23 bits per heavy atom. The zero-order valence-electron chi connectivity index (χ0n) is 19.2. The highest BCUT2D eigenvalue weighted by molar-refractivity contribution is 5.98. The van der Waals surface area contributed by atoms with Gasteiger partial charge in [0.25, 0.3) is 0 Å². The number of halogens is 1. The van der Waals surface area contributed by atoms with Gasteiger partial charge in [-0.3, -0.25) is 19.5 Å². The summed E-state index contributed by atoms with van der Waals surface area (Å²) in [7, 11) is 1.42. The molecule has 2 fully saturated rings. The number of rotatable bonds is 7. The van der Waals surface area contributed by atoms with Crippen molar-refractivity contribution in [2.45, 2.75) is 18.9 Å². The van der Waals surface area contributed by atoms with Crippen LogP contribution >= 0.6 is 0 Å². The fourth-order valence-corrected chi connectivity index (χ4v) is 4.68. The van der Waals surface area contributed by atoms with Crippen LogP contribution < -0.4 is 15.1 Å². The Labute approximate surface area is 200 Å². The van der Waals surface area contributed by atoms with E-state index in [-0.39, 0.29) is 40.8 Å². The van der Waals surface area contributed by atoms with E-state index in [1.807, 2.05) is 9.80 Å². The second kappa shape index (κ2) is 9.10. The molecule has 0 radical (unpaired) electrons. The summed E-state index contributed by atoms with van der Waals surface area (Å²) in [6.07, 6.45) is 6.19. The number of carboxylic acid groups (broad SMARTS) is 1. The van der Waals surface area contributed by atoms with E-state index in [0.717, 1.165) is 18.9 Å². The number of piperazine rings is 1. The first-order chi connectivity index (χ1) is 16.9. The maximum absolute atomic E-state index is 15.4. The number of methoxy groups -OCH3 is 1. The number of hydrogen-bond donors (Lipinski definition) is 1. The van der Waals surface area contributed by atoms with Crippen LogP contribution in [0, 0.1) is 5.82 Å². The highest BCUT2D eigenvalue weighted by atomic mass is 19.1. The van der Waals surface area contributed by atoms with Crippen LogP contribution in [0.3, 0.4) is 0 Å². The molecule has 1 saturated heterocycles. The lowest BCUT2D eigenvalue weighted by molar-refractivity contribution is 0.0694. The van der Waals surface area contributed by atoms with Crippen molar-refractivity contribution in [3.63, 3.8) is 0 Å². The fraction of sp³-hybridized carbons (Fsp3) is 0.360. The number of ketones is 1. The molecule has 0 atom stereocenters. The van der Waals surface area contributed by atoms with Gasteiger partial charge in [-0.1, -0.05) is 0 Å². The predicted octanol–water partition coefficient (Wildman–Crippen LogP) is 2.58. The molecule has 1 aromatic carbocycles. The van der Waals surface area contributed by atoms with Gasteiger partial charge in [0.05, 0.1) is 24.6 Å². The van der Waals surface area contributed by atoms with Crippen LogP contribution in [0.5, 0.6) is 5.75 Å². The summed E-state index contributed by atoms with van der Waals surface area (Å²) in [5.41, 5.74) is 0.0963. The molecule has 2 aliphatic rings. The minimum absolute atomic E-state index is 0.00407. The van der Waals surface area contributed by atoms with Crippen molar-refractivity contribution in [3.8, 4) is 5.75 Å². The molecule has 3 aromatic rings. The molecule has 1 N–H and O–H groups in total. The first kappa shape index (κ1) is 23.0. The number of fused-ring (bicyclic) bond motifs is 1. The van der Waals surface area contributed by atoms with Crippen LogP contribution in [0.2, 0.25) is 0 Å². The van der Waals surface area contributed by atoms with Gasteiger partial charge in [0.2, 0.25) is 5.43 Å². The number of aromatic carboxylic acids is 1. The maximum Gasteiger partial charge on any atom is 0.341 e. The van der Waals surface area contributed by atoms with Gasteiger partial charge in [-0.25, -0.2) is 9.18 Å². The largest absolute Gasteiger partial charge is 0.492 e. The predicted molar refractivity (Wildman–Crippen MR) is 127 cm³/mol. The molecule has 5 rings (SSSR count). The third-order valence-corrected chi connectivity index (χ3v) is 6.61. The highest BCUT2D eigenvalue weighted by Gasteiger charge is 2.32. The van der Waals surface area contributed by atoms with Crippen molar-refractivity contribution in [2.24, 2.45) is 0 Å². The van der Waals surface area contributed by atoms with Crippen molar-refractivity contribution in [1.82, 2.24) is 14.5 Å². The lowest BCUT2D eigenvalue weighted by atomic mass is 10.1. The number of anilines is 1. The van der Waals surface area contributed by atoms with Gasteiger partial charge in [-0.2, -0.15) is 0 Å². The quantitative estimate of drug-likeness (QED) is 0.515. The third kappa shape index (κ3) is 4.25. The summed E-state index contributed by atoms with van der Waals surface area (Å²) in [4.78, 5) is 44.9. The SMILES string of the molecule is COc1c(N2CCN(CC(=O)c3cccnc3)CC2)c(F)cc2c(=O)c(C(=O)O)cn(C3CC3)c12. The normalized spacial score (nSPS) is 16.5. The summed E-state index contributed by atoms with van der Waals surface area (Å²) in [6, 6.07) is 4.62. The van der Waals surface area contributed by atoms with Gasteiger partial charge in [0, 0.05) is 56.4 Å². The van der Waals surface area contributed by atoms with Gasteiger partial charge in [0.1, 0.15) is 11.3 Å². The number of nitrogens with zero attached hydrogens (tertiary/aromatic N) is 4. The number of carboxylic acids is 1. The molecular weight excluding hydrogens is 455 g/mol. The molecule has 3 heterocycles. The number of carbonyl (C=O) groups excluding carboxylic acids is 1. The van der Waals surface area contributed by atoms with Crippen molar-refractivity contribution < 1.29 is 23.8 Å². The first-order valence-electron chi connectivity index (χ1n) is 11.5. The molecule has 2 aromatic heterocycles. The number of benzene rings is 1. The lowest BCUT2D eigenvalue weighted by Gasteiger charge is -2.36. The Morgan fingerprint density at radius 2 is 1.97 bits per heavy atom. The number of aromatic nitrogens is 2. The zero-order chi connectivity index (χ0) is 24.7. The van der Waals surface area contributed by atoms with Gasteiger partial charge in [-0.05, 0) is 31.0 Å². The summed E-state index contributed by atoms with van der Waals surface area (Å²) in [5.74, 6) is -1.78. The van der Waals surface area contributed by atoms with Gasteiger partial charge >= 0.3 is 5.97 Å². The average Bonchev–Trinajstić information content (AvgIpc) is 3.70. The van der Waals surface area contributed by atoms with Gasteiger partial charge in [0.15, 0.2) is 17.3 Å². The average molecular weight is 480 g/mol. The van der Waals surface area contributed by atoms with Crippen LogP contribution in [0.1, 0.15) is 39.6 Å². The second-order valence-electron chi connectivity index (χ2n) is 8.88. The Hall–Kier alpha value is -3.79. The van der Waals surface area contributed by atoms with E-state index in [1.54, 1.807) is 29.1 Å². The van der Waals surface area contributed by atoms with Crippen LogP contribution in [0.15, 0.2) is 41.6 Å². The van der Waals surface area contributed by atoms with E-state index < -0.39 is 17.2 Å². The molecule has 10 heteroatoms. The maximum atomic E-state index is 15.4. The van der Waals surface area contributed by atoms with Crippen LogP contribution in [0.4, 0.5) is 10.1 Å². The lowest BCUT2D eigenvalue weighted by Crippen LogP contribution is -2.48. The molecule has 0 bridgehead atoms. The highest BCUT2D eigenvalue weighted by Crippen LogP contribution is 2.43. The monoisotopic (exact) mass is 480 g/mol. The fourth-order valence-electron chi connectivity index (χ4n) is 4.68. The zero-order valence-corrected chi connectivity index (χ0v) is 19.2. The smallest absolute Gasteiger partial charge is 0.341 e. The molecule has 1 aliphatic heterocycles. The molecule has 182 valence electrons. The van der Waals surface area contributed by atoms with E-state index in [2.05, 4.69) is 4.98 Å². The number of Topliss-reactive ketones (excluding diaryl/α,β-unsaturated/α-hetero) is 1. The number of carbonyl (C=O) groups is 2. The Balaban J connectivity index is 1.46. The Morgan fingerprint density at radius 3 is 2.57 bits per heavy atom. The second-order valence-corrected chi connectivity index (χ2v) is 8.88. The molecule has 0 unspecified atom stereocenters. The van der Waals surface area contributed by atoms with Crippen molar-refractivity contribution in [2.75, 3.05) is 44.7 Å². The summed E-state index contributed by atoms with van der Waals surface area (Å²) >= 11 is 0. The van der Waals surface area contributed by atoms with E-state index in [0.29, 0.717) is 37.3 Å². The van der Waals surface area contributed by atoms with E-state index in [9.17, 15) is 19.5 Å². The molecule has 1 aliphatic carbocycles. The topological polar surface area (TPSA) is 105 Å². The molecule has 9 nitrogen and oxygen atoms in total. The third-order valence-electron chi connectivity index (χ3n) is 6.61. The first-order valence-corrected chi connectivity index (χ1v) is 11.5. The van der Waals surface area contributed by atoms with E-state index in [1.165, 1.54) is 13.3 Å². The van der Waals surface area contributed by atoms with Crippen LogP contribution in [-0.2, 0) is 0 Å². The molecule has 35 heavy (non-hydrogen) atoms. The molecule has 0 amide bonds. The summed E-state index contributed by atoms with van der Waals surface area (Å²) in [6.45, 7) is 2.25. The standard InChI is InChI=1S/C25H25FN4O5/c1-35-24-21-17(23(32)18(25(33)34)13-30(21)16-4-5-16)11-19(26)22(24)29-9-7-28(8-10-29)14-20(31)15-3-2-6-27-12-15/h2-3,6,11-13,16H,4-5,7-10,14H2,1H3,(H,33,34). The van der Waals surface area contributed by atoms with Crippen molar-refractivity contribution >= 4 is 28.3 Å². The summed E-state index contributed by atoms with van der Waals surface area (Å²) < 4.78 is 22.8. The van der Waals surface area contributed by atoms with Crippen molar-refractivity contribution in [3.05, 3.63) is 64.0 Å². The van der Waals surface area contributed by atoms with Crippen LogP contribution in [-0.4, -0.2) is 71.1 Å². The number of hydrogen-bond acceptors (Lipinski definition) is 7. The van der Waals surface area contributed by atoms with E-state index in [4.69, 9.17) is 4.74 Å². The Kier molecular flexibility index (Phi) is 5.98. The van der Waals surface area contributed by atoms with Crippen molar-refractivity contribution in [1.29, 1.82) is 0 Å². The van der Waals surface area contributed by atoms with Crippen LogP contribution in [0.25, 0.3) is 10.9 Å². The minimum atomic E-state index is -1.34. The number of pyridine rings is 2. The van der Waals surface area contributed by atoms with Gasteiger partial charge in [-0.15, -0.1) is 0 Å². The van der Waals surface area contributed by atoms with Gasteiger partial charge < -0.3 is 19.3 Å². The van der Waals surface area contributed by atoms with E-state index >= 15 is 4.39 Å². The Bertz CT molecular complexity index is 1360. The number of ether oxygens (including phenoxy) is 1. The molecule has 0 spiro atoms. The minimum Gasteiger partial charge on any atom is -0.492 e. The summed E-state index contributed by atoms with van der Waals surface area (Å²) in [5, 5.41) is 9.48. The molecular formula is C25H25FN4O5. The molecule has 1 saturated carbocycles.